The first-order valence-corrected chi connectivity index (χ1v) is 5.92. The number of carbonyl (C=O) groups is 2. The number of hydrogen-bond acceptors (Lipinski definition) is 3. The molecule has 0 bridgehead atoms. The molecule has 0 saturated heterocycles. The molecule has 0 fully saturated rings. The summed E-state index contributed by atoms with van der Waals surface area (Å²) >= 11 is 0. The van der Waals surface area contributed by atoms with Crippen LogP contribution < -0.4 is 10.2 Å². The van der Waals surface area contributed by atoms with E-state index in [2.05, 4.69) is 5.32 Å². The van der Waals surface area contributed by atoms with Crippen LogP contribution in [-0.2, 0) is 16.0 Å². The molecule has 1 aliphatic heterocycles. The van der Waals surface area contributed by atoms with Gasteiger partial charge in [0.05, 0.1) is 13.0 Å². The van der Waals surface area contributed by atoms with Gasteiger partial charge in [-0.15, -0.1) is 0 Å². The second kappa shape index (κ2) is 5.18. The molecule has 0 spiro atoms. The molecule has 5 heteroatoms. The van der Waals surface area contributed by atoms with Crippen molar-refractivity contribution in [3.63, 3.8) is 0 Å². The quantitative estimate of drug-likeness (QED) is 0.835. The minimum Gasteiger partial charge on any atom is -0.396 e. The molecule has 0 aliphatic carbocycles. The van der Waals surface area contributed by atoms with E-state index in [0.717, 1.165) is 11.3 Å². The number of anilines is 2. The predicted octanol–water partition coefficient (Wildman–Crippen LogP) is 0.916. The van der Waals surface area contributed by atoms with Crippen molar-refractivity contribution in [3.05, 3.63) is 23.8 Å². The Morgan fingerprint density at radius 3 is 2.94 bits per heavy atom. The fraction of sp³-hybridized carbons (Fsp3) is 0.385. The number of rotatable bonds is 3. The van der Waals surface area contributed by atoms with E-state index in [9.17, 15) is 9.59 Å². The summed E-state index contributed by atoms with van der Waals surface area (Å²) in [6, 6.07) is 5.48. The smallest absolute Gasteiger partial charge is 0.227 e. The van der Waals surface area contributed by atoms with Gasteiger partial charge in [-0.25, -0.2) is 0 Å². The van der Waals surface area contributed by atoms with Gasteiger partial charge in [0.2, 0.25) is 11.8 Å². The lowest BCUT2D eigenvalue weighted by Gasteiger charge is -2.26. The Morgan fingerprint density at radius 2 is 2.22 bits per heavy atom. The highest BCUT2D eigenvalue weighted by Crippen LogP contribution is 2.29. The van der Waals surface area contributed by atoms with Gasteiger partial charge >= 0.3 is 0 Å². The normalized spacial score (nSPS) is 14.3. The van der Waals surface area contributed by atoms with Gasteiger partial charge in [0.15, 0.2) is 0 Å². The van der Waals surface area contributed by atoms with E-state index in [1.54, 1.807) is 18.0 Å². The number of aryl methyl sites for hydroxylation is 1. The summed E-state index contributed by atoms with van der Waals surface area (Å²) in [5.74, 6) is -0.0998. The average Bonchev–Trinajstić information content (AvgIpc) is 2.34. The zero-order valence-corrected chi connectivity index (χ0v) is 10.3. The van der Waals surface area contributed by atoms with Crippen LogP contribution in [0, 0.1) is 0 Å². The number of nitrogens with zero attached hydrogens (tertiary/aromatic N) is 1. The molecule has 96 valence electrons. The SMILES string of the molecule is CN1C(=O)CCc2cc(NC(=O)CCO)ccc21. The third-order valence-corrected chi connectivity index (χ3v) is 3.05. The molecular formula is C13H16N2O3. The standard InChI is InChI=1S/C13H16N2O3/c1-15-11-4-3-10(14-12(17)6-7-16)8-9(11)2-5-13(15)18/h3-4,8,16H,2,5-7H2,1H3,(H,14,17). The van der Waals surface area contributed by atoms with Gasteiger partial charge in [-0.3, -0.25) is 9.59 Å². The Bertz CT molecular complexity index is 485. The summed E-state index contributed by atoms with van der Waals surface area (Å²) in [5.41, 5.74) is 2.65. The van der Waals surface area contributed by atoms with Gasteiger partial charge < -0.3 is 15.3 Å². The largest absolute Gasteiger partial charge is 0.396 e. The Labute approximate surface area is 105 Å². The summed E-state index contributed by atoms with van der Waals surface area (Å²) in [6.45, 7) is -0.159. The Hall–Kier alpha value is -1.88. The van der Waals surface area contributed by atoms with E-state index < -0.39 is 0 Å². The zero-order chi connectivity index (χ0) is 13.1. The lowest BCUT2D eigenvalue weighted by Crippen LogP contribution is -2.31. The lowest BCUT2D eigenvalue weighted by molar-refractivity contribution is -0.118. The molecule has 0 atom stereocenters. The maximum Gasteiger partial charge on any atom is 0.227 e. The molecule has 2 N–H and O–H groups in total. The molecular weight excluding hydrogens is 232 g/mol. The van der Waals surface area contributed by atoms with Crippen LogP contribution in [0.25, 0.3) is 0 Å². The van der Waals surface area contributed by atoms with E-state index >= 15 is 0 Å². The minimum absolute atomic E-state index is 0.0927. The van der Waals surface area contributed by atoms with Crippen molar-refractivity contribution in [2.45, 2.75) is 19.3 Å². The topological polar surface area (TPSA) is 69.6 Å². The van der Waals surface area contributed by atoms with E-state index in [1.165, 1.54) is 0 Å². The summed E-state index contributed by atoms with van der Waals surface area (Å²) < 4.78 is 0. The number of benzene rings is 1. The summed E-state index contributed by atoms with van der Waals surface area (Å²) in [5, 5.41) is 11.4. The third kappa shape index (κ3) is 2.51. The highest BCUT2D eigenvalue weighted by molar-refractivity contribution is 5.97. The zero-order valence-electron chi connectivity index (χ0n) is 10.3. The summed E-state index contributed by atoms with van der Waals surface area (Å²) in [4.78, 5) is 24.5. The van der Waals surface area contributed by atoms with Crippen molar-refractivity contribution in [1.82, 2.24) is 0 Å². The first-order chi connectivity index (χ1) is 8.61. The first kappa shape index (κ1) is 12.6. The van der Waals surface area contributed by atoms with Crippen LogP contribution >= 0.6 is 0 Å². The van der Waals surface area contributed by atoms with Crippen molar-refractivity contribution in [1.29, 1.82) is 0 Å². The maximum atomic E-state index is 11.5. The number of nitrogens with one attached hydrogen (secondary N) is 1. The Kier molecular flexibility index (Phi) is 3.62. The van der Waals surface area contributed by atoms with Gasteiger partial charge in [0.25, 0.3) is 0 Å². The highest BCUT2D eigenvalue weighted by Gasteiger charge is 2.20. The molecule has 1 heterocycles. The molecule has 1 aromatic rings. The summed E-state index contributed by atoms with van der Waals surface area (Å²) in [7, 11) is 1.75. The monoisotopic (exact) mass is 248 g/mol. The molecule has 0 aromatic heterocycles. The second-order valence-electron chi connectivity index (χ2n) is 4.32. The van der Waals surface area contributed by atoms with E-state index in [4.69, 9.17) is 5.11 Å². The average molecular weight is 248 g/mol. The van der Waals surface area contributed by atoms with Crippen LogP contribution in [0.15, 0.2) is 18.2 Å². The molecule has 0 unspecified atom stereocenters. The molecule has 2 amide bonds. The molecule has 1 aliphatic rings. The number of fused-ring (bicyclic) bond motifs is 1. The van der Waals surface area contributed by atoms with Crippen molar-refractivity contribution < 1.29 is 14.7 Å². The number of aliphatic hydroxyl groups is 1. The number of aliphatic hydroxyl groups excluding tert-OH is 1. The fourth-order valence-electron chi connectivity index (χ4n) is 2.06. The first-order valence-electron chi connectivity index (χ1n) is 5.92. The van der Waals surface area contributed by atoms with Crippen LogP contribution in [0.1, 0.15) is 18.4 Å². The van der Waals surface area contributed by atoms with Crippen molar-refractivity contribution in [2.24, 2.45) is 0 Å². The van der Waals surface area contributed by atoms with Gasteiger partial charge in [0, 0.05) is 24.8 Å². The van der Waals surface area contributed by atoms with Gasteiger partial charge in [-0.05, 0) is 30.2 Å². The molecule has 18 heavy (non-hydrogen) atoms. The lowest BCUT2D eigenvalue weighted by atomic mass is 10.0. The van der Waals surface area contributed by atoms with Gasteiger partial charge in [-0.2, -0.15) is 0 Å². The highest BCUT2D eigenvalue weighted by atomic mass is 16.3. The van der Waals surface area contributed by atoms with Gasteiger partial charge in [0.1, 0.15) is 0 Å². The molecule has 0 saturated carbocycles. The van der Waals surface area contributed by atoms with Crippen LogP contribution in [0.4, 0.5) is 11.4 Å². The van der Waals surface area contributed by atoms with E-state index in [1.807, 2.05) is 12.1 Å². The fourth-order valence-corrected chi connectivity index (χ4v) is 2.06. The molecule has 5 nitrogen and oxygen atoms in total. The maximum absolute atomic E-state index is 11.5. The Morgan fingerprint density at radius 1 is 1.44 bits per heavy atom. The van der Waals surface area contributed by atoms with Crippen LogP contribution in [0.5, 0.6) is 0 Å². The predicted molar refractivity (Wildman–Crippen MR) is 68.5 cm³/mol. The second-order valence-corrected chi connectivity index (χ2v) is 4.32. The van der Waals surface area contributed by atoms with Crippen LogP contribution in [0.2, 0.25) is 0 Å². The minimum atomic E-state index is -0.210. The van der Waals surface area contributed by atoms with Crippen LogP contribution in [0.3, 0.4) is 0 Å². The van der Waals surface area contributed by atoms with E-state index in [0.29, 0.717) is 18.5 Å². The van der Waals surface area contributed by atoms with Crippen molar-refractivity contribution in [3.8, 4) is 0 Å². The number of carbonyl (C=O) groups excluding carboxylic acids is 2. The van der Waals surface area contributed by atoms with Gasteiger partial charge in [-0.1, -0.05) is 0 Å². The van der Waals surface area contributed by atoms with E-state index in [-0.39, 0.29) is 24.8 Å². The third-order valence-electron chi connectivity index (χ3n) is 3.05. The van der Waals surface area contributed by atoms with Crippen molar-refractivity contribution >= 4 is 23.2 Å². The number of hydrogen-bond donors (Lipinski definition) is 2. The summed E-state index contributed by atoms with van der Waals surface area (Å²) in [6.07, 6.45) is 1.29. The number of amides is 2. The molecule has 2 rings (SSSR count). The Balaban J connectivity index is 2.18. The van der Waals surface area contributed by atoms with Crippen molar-refractivity contribution in [2.75, 3.05) is 23.9 Å². The molecule has 0 radical (unpaired) electrons. The molecule has 1 aromatic carbocycles. The van der Waals surface area contributed by atoms with Crippen LogP contribution in [-0.4, -0.2) is 30.6 Å².